The molecule has 0 bridgehead atoms. The van der Waals surface area contributed by atoms with E-state index in [0.717, 1.165) is 62.7 Å². The Hall–Kier alpha value is -4.09. The van der Waals surface area contributed by atoms with Crippen LogP contribution in [0.1, 0.15) is 78.6 Å². The number of likely N-dealkylation sites (tertiary alicyclic amines) is 1. The molecule has 1 spiro atoms. The van der Waals surface area contributed by atoms with E-state index < -0.39 is 5.60 Å². The van der Waals surface area contributed by atoms with Gasteiger partial charge in [-0.1, -0.05) is 49.7 Å². The van der Waals surface area contributed by atoms with Gasteiger partial charge in [-0.15, -0.1) is 0 Å². The molecule has 3 unspecified atom stereocenters. The highest BCUT2D eigenvalue weighted by molar-refractivity contribution is 5.97. The van der Waals surface area contributed by atoms with Crippen molar-refractivity contribution in [2.24, 2.45) is 0 Å². The molecule has 5 heteroatoms. The second-order valence-corrected chi connectivity index (χ2v) is 12.2. The highest BCUT2D eigenvalue weighted by Gasteiger charge is 2.54. The Morgan fingerprint density at radius 1 is 0.905 bits per heavy atom. The summed E-state index contributed by atoms with van der Waals surface area (Å²) in [4.78, 5) is 13.4. The molecule has 1 fully saturated rings. The number of benzene rings is 4. The SMILES string of the molecule is CCCCC[N+]1(c2ccc3c(c2)Oc2cc(C)c(Nc4ccccc4)cc2C32OC(=O)c3ccccc32)CCCC1C. The lowest BCUT2D eigenvalue weighted by molar-refractivity contribution is 0.0224. The maximum Gasteiger partial charge on any atom is 0.340 e. The van der Waals surface area contributed by atoms with E-state index in [9.17, 15) is 4.79 Å². The second kappa shape index (κ2) is 10.3. The van der Waals surface area contributed by atoms with Gasteiger partial charge in [0.25, 0.3) is 0 Å². The van der Waals surface area contributed by atoms with E-state index in [1.165, 1.54) is 37.8 Å². The number of nitrogens with zero attached hydrogens (tertiary/aromatic N) is 1. The Bertz CT molecular complexity index is 1670. The number of quaternary nitrogens is 1. The number of esters is 1. The summed E-state index contributed by atoms with van der Waals surface area (Å²) < 4.78 is 14.3. The monoisotopic (exact) mass is 559 g/mol. The molecule has 0 amide bonds. The van der Waals surface area contributed by atoms with Crippen LogP contribution in [0, 0.1) is 6.92 Å². The molecule has 0 aromatic heterocycles. The number of anilines is 2. The van der Waals surface area contributed by atoms with Crippen molar-refractivity contribution >= 4 is 23.0 Å². The number of ether oxygens (including phenoxy) is 2. The van der Waals surface area contributed by atoms with Crippen LogP contribution >= 0.6 is 0 Å². The first kappa shape index (κ1) is 26.8. The van der Waals surface area contributed by atoms with E-state index in [4.69, 9.17) is 9.47 Å². The largest absolute Gasteiger partial charge is 0.456 e. The van der Waals surface area contributed by atoms with E-state index in [0.29, 0.717) is 11.6 Å². The first-order chi connectivity index (χ1) is 20.5. The molecule has 3 aliphatic rings. The summed E-state index contributed by atoms with van der Waals surface area (Å²) >= 11 is 0. The Morgan fingerprint density at radius 3 is 2.48 bits per heavy atom. The molecule has 0 saturated carbocycles. The van der Waals surface area contributed by atoms with Crippen LogP contribution in [-0.4, -0.2) is 25.1 Å². The normalized spacial score (nSPS) is 23.6. The first-order valence-corrected chi connectivity index (χ1v) is 15.5. The van der Waals surface area contributed by atoms with Gasteiger partial charge in [-0.2, -0.15) is 0 Å². The third kappa shape index (κ3) is 4.05. The van der Waals surface area contributed by atoms with Crippen LogP contribution in [0.15, 0.2) is 84.9 Å². The third-order valence-electron chi connectivity index (χ3n) is 9.79. The van der Waals surface area contributed by atoms with Crippen molar-refractivity contribution in [1.29, 1.82) is 0 Å². The molecule has 0 radical (unpaired) electrons. The zero-order valence-corrected chi connectivity index (χ0v) is 24.8. The molecule has 42 heavy (non-hydrogen) atoms. The fourth-order valence-corrected chi connectivity index (χ4v) is 7.52. The van der Waals surface area contributed by atoms with Gasteiger partial charge in [0, 0.05) is 47.0 Å². The van der Waals surface area contributed by atoms with Gasteiger partial charge in [-0.25, -0.2) is 4.79 Å². The molecule has 3 atom stereocenters. The molecule has 214 valence electrons. The Labute approximate surface area is 248 Å². The fraction of sp³-hybridized carbons (Fsp3) is 0.324. The van der Waals surface area contributed by atoms with Crippen LogP contribution in [0.2, 0.25) is 0 Å². The van der Waals surface area contributed by atoms with Crippen LogP contribution in [0.5, 0.6) is 11.5 Å². The van der Waals surface area contributed by atoms with Crippen LogP contribution in [0.3, 0.4) is 0 Å². The lowest BCUT2D eigenvalue weighted by Crippen LogP contribution is -2.52. The molecular formula is C37H39N2O3+. The first-order valence-electron chi connectivity index (χ1n) is 15.5. The number of carbonyl (C=O) groups excluding carboxylic acids is 1. The van der Waals surface area contributed by atoms with E-state index in [1.54, 1.807) is 0 Å². The Balaban J connectivity index is 1.40. The number of nitrogens with one attached hydrogen (secondary N) is 1. The van der Waals surface area contributed by atoms with Gasteiger partial charge in [0.1, 0.15) is 17.2 Å². The Morgan fingerprint density at radius 2 is 1.69 bits per heavy atom. The number of unbranched alkanes of at least 4 members (excludes halogenated alkanes) is 2. The summed E-state index contributed by atoms with van der Waals surface area (Å²) in [5.74, 6) is 1.20. The minimum Gasteiger partial charge on any atom is -0.456 e. The topological polar surface area (TPSA) is 47.6 Å². The van der Waals surface area contributed by atoms with Crippen molar-refractivity contribution in [1.82, 2.24) is 4.48 Å². The summed E-state index contributed by atoms with van der Waals surface area (Å²) in [6.45, 7) is 9.04. The quantitative estimate of drug-likeness (QED) is 0.139. The number of hydrogen-bond donors (Lipinski definition) is 1. The second-order valence-electron chi connectivity index (χ2n) is 12.2. The van der Waals surface area contributed by atoms with E-state index in [2.05, 4.69) is 56.4 Å². The smallest absolute Gasteiger partial charge is 0.340 e. The predicted octanol–water partition coefficient (Wildman–Crippen LogP) is 8.99. The van der Waals surface area contributed by atoms with Crippen molar-refractivity contribution in [3.8, 4) is 11.5 Å². The van der Waals surface area contributed by atoms with Crippen LogP contribution < -0.4 is 14.5 Å². The summed E-state index contributed by atoms with van der Waals surface area (Å²) in [5, 5.41) is 3.57. The molecule has 1 N–H and O–H groups in total. The van der Waals surface area contributed by atoms with Crippen molar-refractivity contribution in [2.75, 3.05) is 18.4 Å². The number of rotatable bonds is 7. The van der Waals surface area contributed by atoms with Gasteiger partial charge in [-0.3, -0.25) is 4.48 Å². The van der Waals surface area contributed by atoms with Crippen LogP contribution in [0.4, 0.5) is 17.1 Å². The number of carbonyl (C=O) groups is 1. The molecule has 5 nitrogen and oxygen atoms in total. The van der Waals surface area contributed by atoms with E-state index in [1.807, 2.05) is 54.6 Å². The lowest BCUT2D eigenvalue weighted by atomic mass is 9.77. The standard InChI is InChI=1S/C37H39N2O3/c1-4-5-11-20-39(21-12-13-26(39)3)28-18-19-31-35(23-28)41-34-22-25(2)33(38-27-14-7-6-8-15-27)24-32(34)37(31)30-17-10-9-16-29(30)36(40)42-37/h6-10,14-19,22-24,26,38H,4-5,11-13,20-21H2,1-3H3/q+1. The highest BCUT2D eigenvalue weighted by Crippen LogP contribution is 2.58. The summed E-state index contributed by atoms with van der Waals surface area (Å²) in [6.07, 6.45) is 6.15. The third-order valence-corrected chi connectivity index (χ3v) is 9.79. The Kier molecular flexibility index (Phi) is 6.58. The molecule has 4 aromatic rings. The summed E-state index contributed by atoms with van der Waals surface area (Å²) in [7, 11) is 0. The van der Waals surface area contributed by atoms with Gasteiger partial charge < -0.3 is 14.8 Å². The molecule has 1 saturated heterocycles. The molecule has 4 aromatic carbocycles. The average Bonchev–Trinajstić information content (AvgIpc) is 3.52. The van der Waals surface area contributed by atoms with Gasteiger partial charge >= 0.3 is 5.97 Å². The maximum atomic E-state index is 13.4. The minimum atomic E-state index is -1.08. The fourth-order valence-electron chi connectivity index (χ4n) is 7.52. The van der Waals surface area contributed by atoms with Crippen molar-refractivity contribution in [3.05, 3.63) is 113 Å². The number of aryl methyl sites for hydroxylation is 1. The van der Waals surface area contributed by atoms with Crippen molar-refractivity contribution < 1.29 is 14.3 Å². The van der Waals surface area contributed by atoms with Gasteiger partial charge in [-0.05, 0) is 74.7 Å². The molecule has 3 heterocycles. The maximum absolute atomic E-state index is 13.4. The van der Waals surface area contributed by atoms with E-state index >= 15 is 0 Å². The predicted molar refractivity (Wildman–Crippen MR) is 169 cm³/mol. The molecule has 3 aliphatic heterocycles. The zero-order chi connectivity index (χ0) is 28.9. The highest BCUT2D eigenvalue weighted by atomic mass is 16.6. The minimum absolute atomic E-state index is 0.303. The van der Waals surface area contributed by atoms with Gasteiger partial charge in [0.05, 0.1) is 24.7 Å². The summed E-state index contributed by atoms with van der Waals surface area (Å²) in [6, 6.07) is 29.3. The van der Waals surface area contributed by atoms with Crippen LogP contribution in [0.25, 0.3) is 0 Å². The van der Waals surface area contributed by atoms with Gasteiger partial charge in [0.2, 0.25) is 0 Å². The molecule has 7 rings (SSSR count). The number of para-hydroxylation sites is 1. The number of hydrogen-bond acceptors (Lipinski definition) is 4. The zero-order valence-electron chi connectivity index (χ0n) is 24.8. The molecule has 0 aliphatic carbocycles. The lowest BCUT2D eigenvalue weighted by Gasteiger charge is -2.41. The van der Waals surface area contributed by atoms with Gasteiger partial charge in [0.15, 0.2) is 5.60 Å². The number of fused-ring (bicyclic) bond motifs is 6. The van der Waals surface area contributed by atoms with E-state index in [-0.39, 0.29) is 5.97 Å². The summed E-state index contributed by atoms with van der Waals surface area (Å²) in [5.41, 5.74) is 6.41. The van der Waals surface area contributed by atoms with Crippen LogP contribution in [-0.2, 0) is 10.3 Å². The van der Waals surface area contributed by atoms with Crippen molar-refractivity contribution in [3.63, 3.8) is 0 Å². The molecular weight excluding hydrogens is 520 g/mol. The van der Waals surface area contributed by atoms with Crippen molar-refractivity contribution in [2.45, 2.75) is 64.5 Å². The average molecular weight is 560 g/mol.